The van der Waals surface area contributed by atoms with Crippen molar-refractivity contribution in [2.75, 3.05) is 40.9 Å². The number of phosphoric ester groups is 1. The van der Waals surface area contributed by atoms with Crippen LogP contribution in [0, 0.1) is 0 Å². The van der Waals surface area contributed by atoms with Gasteiger partial charge in [0.2, 0.25) is 5.91 Å². The molecule has 1 N–H and O–H groups in total. The van der Waals surface area contributed by atoms with Gasteiger partial charge in [0.1, 0.15) is 19.3 Å². The van der Waals surface area contributed by atoms with Gasteiger partial charge in [-0.2, -0.15) is 0 Å². The minimum Gasteiger partial charge on any atom is -0.756 e. The van der Waals surface area contributed by atoms with Gasteiger partial charge < -0.3 is 28.5 Å². The van der Waals surface area contributed by atoms with Gasteiger partial charge in [-0.05, 0) is 109 Å². The highest BCUT2D eigenvalue weighted by Gasteiger charge is 2.27. The van der Waals surface area contributed by atoms with Crippen molar-refractivity contribution in [1.82, 2.24) is 5.32 Å². The number of nitrogens with one attached hydrogen (secondary N) is 1. The molecule has 0 heterocycles. The first-order valence-corrected chi connectivity index (χ1v) is 34.9. The fraction of sp³-hybridized carbons (Fsp3) is 0.771. The summed E-state index contributed by atoms with van der Waals surface area (Å²) in [5.74, 6) is -0.555. The van der Waals surface area contributed by atoms with Gasteiger partial charge in [0.25, 0.3) is 7.82 Å². The van der Waals surface area contributed by atoms with Gasteiger partial charge in [-0.25, -0.2) is 0 Å². The third-order valence-electron chi connectivity index (χ3n) is 14.5. The van der Waals surface area contributed by atoms with E-state index in [0.29, 0.717) is 17.4 Å². The molecule has 9 nitrogen and oxygen atoms in total. The van der Waals surface area contributed by atoms with Crippen LogP contribution in [0.2, 0.25) is 0 Å². The highest BCUT2D eigenvalue weighted by molar-refractivity contribution is 7.45. The van der Waals surface area contributed by atoms with Crippen LogP contribution in [-0.4, -0.2) is 69.4 Å². The van der Waals surface area contributed by atoms with Crippen molar-refractivity contribution in [2.24, 2.45) is 0 Å². The van der Waals surface area contributed by atoms with Crippen molar-refractivity contribution in [3.05, 3.63) is 85.1 Å². The number of carbonyl (C=O) groups excluding carboxylic acids is 2. The van der Waals surface area contributed by atoms with Crippen molar-refractivity contribution in [1.29, 1.82) is 0 Å². The van der Waals surface area contributed by atoms with E-state index in [1.165, 1.54) is 154 Å². The van der Waals surface area contributed by atoms with Crippen molar-refractivity contribution >= 4 is 19.7 Å². The lowest BCUT2D eigenvalue weighted by atomic mass is 10.0. The molecule has 0 aliphatic carbocycles. The second kappa shape index (κ2) is 59.4. The molecular formula is C70H127N2O7P. The number of likely N-dealkylation sites (N-methyl/N-ethyl adjacent to an activating group) is 1. The molecule has 3 unspecified atom stereocenters. The number of hydrogen-bond donors (Lipinski definition) is 1. The summed E-state index contributed by atoms with van der Waals surface area (Å²) in [4.78, 5) is 40.1. The second-order valence-electron chi connectivity index (χ2n) is 23.6. The molecule has 10 heteroatoms. The first-order chi connectivity index (χ1) is 38.9. The summed E-state index contributed by atoms with van der Waals surface area (Å²) in [7, 11) is 1.17. The van der Waals surface area contributed by atoms with Crippen LogP contribution in [-0.2, 0) is 27.9 Å². The van der Waals surface area contributed by atoms with E-state index < -0.39 is 26.6 Å². The average Bonchev–Trinajstić information content (AvgIpc) is 3.42. The van der Waals surface area contributed by atoms with Crippen molar-refractivity contribution < 1.29 is 37.3 Å². The van der Waals surface area contributed by atoms with Crippen molar-refractivity contribution in [3.63, 3.8) is 0 Å². The number of hydrogen-bond acceptors (Lipinski definition) is 7. The minimum absolute atomic E-state index is 0.0283. The van der Waals surface area contributed by atoms with E-state index in [2.05, 4.69) is 99.0 Å². The van der Waals surface area contributed by atoms with Crippen molar-refractivity contribution in [3.8, 4) is 0 Å². The summed E-state index contributed by atoms with van der Waals surface area (Å²) in [6.45, 7) is 6.79. The van der Waals surface area contributed by atoms with Crippen LogP contribution < -0.4 is 10.2 Å². The molecule has 0 rings (SSSR count). The number of unbranched alkanes of at least 4 members (excludes halogenated alkanes) is 32. The first-order valence-electron chi connectivity index (χ1n) is 33.4. The Balaban J connectivity index is 5.20. The Bertz CT molecular complexity index is 1640. The predicted octanol–water partition coefficient (Wildman–Crippen LogP) is 20.3. The number of allylic oxidation sites excluding steroid dienone is 13. The standard InChI is InChI=1S/C70H127N2O7P/c1-7-10-13-16-19-22-25-28-30-32-34-35-36-37-39-40-42-44-47-50-53-56-59-62-69(73)71-67(66-78-80(75,76)77-65-64-72(4,5)6)68(61-58-55-52-49-46-27-24-21-18-15-12-9-3)79-70(74)63-60-57-54-51-48-45-43-41-38-33-31-29-26-23-20-17-14-11-8-2/h19-20,22-23,28-31,34-35,37,39,58,61,67-68H,7-18,21,24-27,32-33,36,38,40-57,59-60,62-66H2,1-6H3,(H-,71,73,75,76)/b22-19-,23-20-,30-28-,31-29-,35-34-,39-37-,61-58-. The second-order valence-corrected chi connectivity index (χ2v) is 25.0. The molecule has 0 aliphatic rings. The minimum atomic E-state index is -4.71. The Hall–Kier alpha value is -2.81. The van der Waals surface area contributed by atoms with Gasteiger partial charge in [0.15, 0.2) is 0 Å². The number of ether oxygens (including phenoxy) is 1. The molecule has 0 aromatic carbocycles. The van der Waals surface area contributed by atoms with E-state index in [1.54, 1.807) is 0 Å². The van der Waals surface area contributed by atoms with E-state index >= 15 is 0 Å². The molecule has 0 radical (unpaired) electrons. The monoisotopic (exact) mass is 1140 g/mol. The summed E-state index contributed by atoms with van der Waals surface area (Å²) >= 11 is 0. The molecule has 3 atom stereocenters. The van der Waals surface area contributed by atoms with Gasteiger partial charge in [-0.1, -0.05) is 260 Å². The number of carbonyl (C=O) groups is 2. The third kappa shape index (κ3) is 59.8. The summed E-state index contributed by atoms with van der Waals surface area (Å²) < 4.78 is 30.4. The zero-order valence-corrected chi connectivity index (χ0v) is 53.9. The molecule has 0 aliphatic heterocycles. The van der Waals surface area contributed by atoms with Gasteiger partial charge in [0.05, 0.1) is 33.8 Å². The number of esters is 1. The molecule has 1 amide bonds. The van der Waals surface area contributed by atoms with Gasteiger partial charge in [-0.15, -0.1) is 0 Å². The lowest BCUT2D eigenvalue weighted by Crippen LogP contribution is -2.47. The molecular weight excluding hydrogens is 1010 g/mol. The highest BCUT2D eigenvalue weighted by atomic mass is 31.2. The molecule has 0 saturated carbocycles. The van der Waals surface area contributed by atoms with Gasteiger partial charge >= 0.3 is 5.97 Å². The molecule has 80 heavy (non-hydrogen) atoms. The molecule has 464 valence electrons. The quantitative estimate of drug-likeness (QED) is 0.0212. The normalized spacial score (nSPS) is 14.1. The highest BCUT2D eigenvalue weighted by Crippen LogP contribution is 2.38. The van der Waals surface area contributed by atoms with Gasteiger partial charge in [-0.3, -0.25) is 14.2 Å². The van der Waals surface area contributed by atoms with Crippen LogP contribution in [0.15, 0.2) is 85.1 Å². The Kier molecular flexibility index (Phi) is 57.3. The van der Waals surface area contributed by atoms with Crippen LogP contribution >= 0.6 is 7.82 Å². The third-order valence-corrected chi connectivity index (χ3v) is 15.5. The topological polar surface area (TPSA) is 114 Å². The number of rotatable bonds is 60. The van der Waals surface area contributed by atoms with Crippen LogP contribution in [0.5, 0.6) is 0 Å². The zero-order valence-electron chi connectivity index (χ0n) is 53.0. The molecule has 0 aromatic rings. The van der Waals surface area contributed by atoms with Gasteiger partial charge in [0, 0.05) is 12.8 Å². The van der Waals surface area contributed by atoms with E-state index in [1.807, 2.05) is 33.3 Å². The number of phosphoric acid groups is 1. The lowest BCUT2D eigenvalue weighted by molar-refractivity contribution is -0.870. The van der Waals surface area contributed by atoms with E-state index in [0.717, 1.165) is 109 Å². The SMILES string of the molecule is CCCCC/C=C\C/C=C\C/C=C\C/C=C\CCCCCCCCCC(=O)NC(COP(=O)([O-])OCC[N+](C)(C)C)C(/C=C\CCCCCCCCCCCC)OC(=O)CCCCCCCCCCC/C=C\C/C=C\CCCCC. The maximum Gasteiger partial charge on any atom is 0.306 e. The van der Waals surface area contributed by atoms with Crippen LogP contribution in [0.25, 0.3) is 0 Å². The molecule has 0 fully saturated rings. The lowest BCUT2D eigenvalue weighted by Gasteiger charge is -2.30. The Morgan fingerprint density at radius 1 is 0.438 bits per heavy atom. The van der Waals surface area contributed by atoms with Crippen LogP contribution in [0.1, 0.15) is 297 Å². The Morgan fingerprint density at radius 3 is 1.16 bits per heavy atom. The number of amides is 1. The fourth-order valence-corrected chi connectivity index (χ4v) is 10.1. The summed E-state index contributed by atoms with van der Waals surface area (Å²) in [5.41, 5.74) is 0. The van der Waals surface area contributed by atoms with E-state index in [9.17, 15) is 19.0 Å². The molecule has 0 bridgehead atoms. The predicted molar refractivity (Wildman–Crippen MR) is 344 cm³/mol. The number of nitrogens with zero attached hydrogens (tertiary/aromatic N) is 1. The Labute approximate surface area is 495 Å². The largest absolute Gasteiger partial charge is 0.756 e. The van der Waals surface area contributed by atoms with Crippen LogP contribution in [0.3, 0.4) is 0 Å². The maximum absolute atomic E-state index is 13.6. The molecule has 0 aromatic heterocycles. The molecule has 0 spiro atoms. The average molecular weight is 1140 g/mol. The summed E-state index contributed by atoms with van der Waals surface area (Å²) in [6, 6.07) is -0.900. The fourth-order valence-electron chi connectivity index (χ4n) is 9.36. The Morgan fingerprint density at radius 2 is 0.762 bits per heavy atom. The first kappa shape index (κ1) is 77.2. The van der Waals surface area contributed by atoms with E-state index in [4.69, 9.17) is 13.8 Å². The van der Waals surface area contributed by atoms with Crippen molar-refractivity contribution in [2.45, 2.75) is 309 Å². The van der Waals surface area contributed by atoms with Crippen LogP contribution in [0.4, 0.5) is 0 Å². The summed E-state index contributed by atoms with van der Waals surface area (Å²) in [6.07, 6.45) is 78.3. The maximum atomic E-state index is 13.6. The zero-order chi connectivity index (χ0) is 58.6. The number of quaternary nitrogens is 1. The summed E-state index contributed by atoms with van der Waals surface area (Å²) in [5, 5.41) is 3.03. The molecule has 0 saturated heterocycles. The van der Waals surface area contributed by atoms with E-state index in [-0.39, 0.29) is 24.9 Å². The smallest absolute Gasteiger partial charge is 0.306 e.